The molecule has 4 N–H and O–H groups in total. The van der Waals surface area contributed by atoms with Crippen molar-refractivity contribution >= 4 is 40.1 Å². The van der Waals surface area contributed by atoms with E-state index in [9.17, 15) is 13.9 Å². The number of anilines is 3. The van der Waals surface area contributed by atoms with Crippen molar-refractivity contribution in [3.8, 4) is 11.3 Å². The van der Waals surface area contributed by atoms with Crippen molar-refractivity contribution in [2.45, 2.75) is 13.0 Å². The largest absolute Gasteiger partial charge is 0.392 e. The van der Waals surface area contributed by atoms with Gasteiger partial charge in [0.1, 0.15) is 17.2 Å². The second-order valence-corrected chi connectivity index (χ2v) is 7.06. The minimum Gasteiger partial charge on any atom is -0.392 e. The summed E-state index contributed by atoms with van der Waals surface area (Å²) in [5.74, 6) is -1.03. The quantitative estimate of drug-likeness (QED) is 0.360. The lowest BCUT2D eigenvalue weighted by Crippen LogP contribution is -2.17. The summed E-state index contributed by atoms with van der Waals surface area (Å²) in [6.07, 6.45) is -0.662. The zero-order valence-corrected chi connectivity index (χ0v) is 16.5. The van der Waals surface area contributed by atoms with Gasteiger partial charge in [0.25, 0.3) is 0 Å². The van der Waals surface area contributed by atoms with Crippen LogP contribution in [0.3, 0.4) is 0 Å². The Labute approximate surface area is 175 Å². The minimum absolute atomic E-state index is 0.0204. The third-order valence-corrected chi connectivity index (χ3v) is 4.61. The molecular weight excluding hydrogens is 414 g/mol. The molecule has 1 atom stereocenters. The Bertz CT molecular complexity index is 1210. The first-order valence-electron chi connectivity index (χ1n) is 9.07. The number of hydrogen-bond acceptors (Lipinski definition) is 6. The average Bonchev–Trinajstić information content (AvgIpc) is 3.11. The van der Waals surface area contributed by atoms with E-state index < -0.39 is 17.7 Å². The Morgan fingerprint density at radius 2 is 1.93 bits per heavy atom. The monoisotopic (exact) mass is 430 g/mol. The van der Waals surface area contributed by atoms with Gasteiger partial charge in [-0.3, -0.25) is 5.10 Å². The highest BCUT2D eigenvalue weighted by Crippen LogP contribution is 2.33. The number of halogens is 3. The zero-order chi connectivity index (χ0) is 21.3. The molecule has 2 aromatic heterocycles. The van der Waals surface area contributed by atoms with Crippen LogP contribution < -0.4 is 10.6 Å². The van der Waals surface area contributed by atoms with Gasteiger partial charge in [0.05, 0.1) is 22.5 Å². The predicted octanol–water partition coefficient (Wildman–Crippen LogP) is 4.49. The summed E-state index contributed by atoms with van der Waals surface area (Å²) in [5, 5.41) is 23.0. The van der Waals surface area contributed by atoms with Gasteiger partial charge in [-0.15, -0.1) is 0 Å². The molecule has 0 saturated carbocycles. The summed E-state index contributed by atoms with van der Waals surface area (Å²) >= 11 is 6.30. The third kappa shape index (κ3) is 4.03. The van der Waals surface area contributed by atoms with Crippen LogP contribution in [0.25, 0.3) is 22.4 Å². The van der Waals surface area contributed by atoms with Crippen LogP contribution in [0.4, 0.5) is 26.1 Å². The second-order valence-electron chi connectivity index (χ2n) is 6.65. The van der Waals surface area contributed by atoms with E-state index in [2.05, 4.69) is 30.8 Å². The molecule has 10 heteroatoms. The maximum atomic E-state index is 14.1. The smallest absolute Gasteiger partial charge is 0.202 e. The topological polar surface area (TPSA) is 98.8 Å². The number of benzene rings is 2. The Hall–Kier alpha value is -3.30. The van der Waals surface area contributed by atoms with E-state index in [-0.39, 0.29) is 29.5 Å². The third-order valence-electron chi connectivity index (χ3n) is 4.28. The van der Waals surface area contributed by atoms with Crippen LogP contribution in [-0.2, 0) is 0 Å². The Balaban J connectivity index is 1.81. The van der Waals surface area contributed by atoms with Crippen molar-refractivity contribution in [2.24, 2.45) is 0 Å². The molecule has 0 radical (unpaired) electrons. The number of aliphatic hydroxyl groups excluding tert-OH is 1. The van der Waals surface area contributed by atoms with Gasteiger partial charge in [-0.25, -0.2) is 18.7 Å². The molecular formula is C20H17ClF2N6O. The predicted molar refractivity (Wildman–Crippen MR) is 112 cm³/mol. The SMILES string of the molecule is CC(O)CNc1nc2c(-c3ccccc3Cl)[nH]nc2nc1Nc1ccc(F)cc1F. The first kappa shape index (κ1) is 20.0. The fourth-order valence-electron chi connectivity index (χ4n) is 2.86. The summed E-state index contributed by atoms with van der Waals surface area (Å²) in [6, 6.07) is 10.4. The summed E-state index contributed by atoms with van der Waals surface area (Å²) < 4.78 is 27.3. The highest BCUT2D eigenvalue weighted by molar-refractivity contribution is 6.33. The van der Waals surface area contributed by atoms with Gasteiger partial charge < -0.3 is 15.7 Å². The molecule has 30 heavy (non-hydrogen) atoms. The van der Waals surface area contributed by atoms with E-state index in [1.54, 1.807) is 13.0 Å². The number of nitrogens with zero attached hydrogens (tertiary/aromatic N) is 3. The molecule has 0 saturated heterocycles. The van der Waals surface area contributed by atoms with Crippen molar-refractivity contribution in [3.63, 3.8) is 0 Å². The summed E-state index contributed by atoms with van der Waals surface area (Å²) in [4.78, 5) is 9.00. The summed E-state index contributed by atoms with van der Waals surface area (Å²) in [5.41, 5.74) is 2.01. The van der Waals surface area contributed by atoms with E-state index in [0.717, 1.165) is 12.1 Å². The lowest BCUT2D eigenvalue weighted by atomic mass is 10.1. The molecule has 0 bridgehead atoms. The van der Waals surface area contributed by atoms with Crippen molar-refractivity contribution in [2.75, 3.05) is 17.2 Å². The molecule has 2 aromatic carbocycles. The Kier molecular flexibility index (Phi) is 5.47. The average molecular weight is 431 g/mol. The van der Waals surface area contributed by atoms with Gasteiger partial charge in [-0.1, -0.05) is 29.8 Å². The number of H-pyrrole nitrogens is 1. The van der Waals surface area contributed by atoms with Crippen LogP contribution in [0.15, 0.2) is 42.5 Å². The first-order valence-corrected chi connectivity index (χ1v) is 9.45. The van der Waals surface area contributed by atoms with Gasteiger partial charge in [0.15, 0.2) is 11.6 Å². The molecule has 0 aliphatic carbocycles. The highest BCUT2D eigenvalue weighted by Gasteiger charge is 2.18. The highest BCUT2D eigenvalue weighted by atomic mass is 35.5. The minimum atomic E-state index is -0.780. The lowest BCUT2D eigenvalue weighted by molar-refractivity contribution is 0.208. The fraction of sp³-hybridized carbons (Fsp3) is 0.150. The molecule has 4 aromatic rings. The van der Waals surface area contributed by atoms with Gasteiger partial charge in [-0.05, 0) is 25.1 Å². The standard InChI is InChI=1S/C20H17ClF2N6O/c1-10(30)9-24-19-20(25-15-7-6-11(22)8-14(15)23)27-18-17(26-19)16(28-29-18)12-4-2-3-5-13(12)21/h2-8,10,30H,9H2,1H3,(H,24,26)(H2,25,27,28,29). The first-order chi connectivity index (χ1) is 14.4. The number of aromatic amines is 1. The van der Waals surface area contributed by atoms with E-state index in [1.165, 1.54) is 6.07 Å². The number of aliphatic hydroxyl groups is 1. The van der Waals surface area contributed by atoms with Gasteiger partial charge in [-0.2, -0.15) is 5.10 Å². The molecule has 154 valence electrons. The molecule has 0 aliphatic rings. The molecule has 0 aliphatic heterocycles. The fourth-order valence-corrected chi connectivity index (χ4v) is 3.09. The summed E-state index contributed by atoms with van der Waals surface area (Å²) in [7, 11) is 0. The lowest BCUT2D eigenvalue weighted by Gasteiger charge is -2.14. The molecule has 0 fully saturated rings. The van der Waals surface area contributed by atoms with Gasteiger partial charge >= 0.3 is 0 Å². The van der Waals surface area contributed by atoms with Gasteiger partial charge in [0.2, 0.25) is 5.65 Å². The van der Waals surface area contributed by atoms with Crippen LogP contribution in [-0.4, -0.2) is 37.9 Å². The zero-order valence-electron chi connectivity index (χ0n) is 15.7. The maximum absolute atomic E-state index is 14.1. The second kappa shape index (κ2) is 8.21. The van der Waals surface area contributed by atoms with Crippen molar-refractivity contribution < 1.29 is 13.9 Å². The van der Waals surface area contributed by atoms with E-state index in [1.807, 2.05) is 18.2 Å². The number of aromatic nitrogens is 4. The van der Waals surface area contributed by atoms with E-state index >= 15 is 0 Å². The van der Waals surface area contributed by atoms with E-state index in [4.69, 9.17) is 11.6 Å². The molecule has 1 unspecified atom stereocenters. The van der Waals surface area contributed by atoms with Crippen LogP contribution in [0.1, 0.15) is 6.92 Å². The molecule has 2 heterocycles. The van der Waals surface area contributed by atoms with Crippen LogP contribution >= 0.6 is 11.6 Å². The molecule has 0 spiro atoms. The molecule has 7 nitrogen and oxygen atoms in total. The van der Waals surface area contributed by atoms with Crippen LogP contribution in [0.2, 0.25) is 5.02 Å². The Morgan fingerprint density at radius 1 is 1.13 bits per heavy atom. The van der Waals surface area contributed by atoms with Crippen LogP contribution in [0, 0.1) is 11.6 Å². The van der Waals surface area contributed by atoms with Crippen molar-refractivity contribution in [3.05, 3.63) is 59.1 Å². The number of fused-ring (bicyclic) bond motifs is 1. The normalized spacial score (nSPS) is 12.2. The van der Waals surface area contributed by atoms with Crippen molar-refractivity contribution in [1.29, 1.82) is 0 Å². The summed E-state index contributed by atoms with van der Waals surface area (Å²) in [6.45, 7) is 1.79. The van der Waals surface area contributed by atoms with Gasteiger partial charge in [0, 0.05) is 18.2 Å². The number of nitrogens with one attached hydrogen (secondary N) is 3. The number of rotatable bonds is 6. The van der Waals surface area contributed by atoms with E-state index in [0.29, 0.717) is 21.8 Å². The molecule has 0 amide bonds. The number of hydrogen-bond donors (Lipinski definition) is 4. The van der Waals surface area contributed by atoms with Crippen molar-refractivity contribution in [1.82, 2.24) is 20.2 Å². The molecule has 4 rings (SSSR count). The Morgan fingerprint density at radius 3 is 2.67 bits per heavy atom. The maximum Gasteiger partial charge on any atom is 0.202 e. The van der Waals surface area contributed by atoms with Crippen LogP contribution in [0.5, 0.6) is 0 Å².